The van der Waals surface area contributed by atoms with E-state index >= 15 is 0 Å². The molecule has 1 aliphatic rings. The van der Waals surface area contributed by atoms with Crippen LogP contribution < -0.4 is 5.73 Å². The van der Waals surface area contributed by atoms with Crippen LogP contribution in [-0.2, 0) is 0 Å². The van der Waals surface area contributed by atoms with Gasteiger partial charge in [0.15, 0.2) is 0 Å². The van der Waals surface area contributed by atoms with Gasteiger partial charge in [0, 0.05) is 24.1 Å². The number of hydrogen-bond donors (Lipinski definition) is 1. The van der Waals surface area contributed by atoms with Crippen molar-refractivity contribution in [3.05, 3.63) is 0 Å². The summed E-state index contributed by atoms with van der Waals surface area (Å²) in [6.45, 7) is 11.4. The van der Waals surface area contributed by atoms with Gasteiger partial charge >= 0.3 is 0 Å². The highest BCUT2D eigenvalue weighted by atomic mass is 32.2. The Morgan fingerprint density at radius 3 is 2.79 bits per heavy atom. The molecule has 0 aliphatic carbocycles. The summed E-state index contributed by atoms with van der Waals surface area (Å²) in [6, 6.07) is 0. The number of rotatable bonds is 4. The zero-order valence-corrected chi connectivity index (χ0v) is 10.6. The highest BCUT2D eigenvalue weighted by Gasteiger charge is 2.20. The second-order valence-electron chi connectivity index (χ2n) is 5.10. The Hall–Kier alpha value is 0.270. The van der Waals surface area contributed by atoms with Crippen molar-refractivity contribution in [2.24, 2.45) is 11.1 Å². The fourth-order valence-corrected chi connectivity index (χ4v) is 2.74. The van der Waals surface area contributed by atoms with Crippen LogP contribution in [0.25, 0.3) is 0 Å². The Morgan fingerprint density at radius 2 is 2.21 bits per heavy atom. The maximum Gasteiger partial charge on any atom is 0.0147 e. The molecule has 0 amide bonds. The number of thioether (sulfide) groups is 1. The Morgan fingerprint density at radius 1 is 1.50 bits per heavy atom. The molecule has 1 aliphatic heterocycles. The van der Waals surface area contributed by atoms with Crippen LogP contribution in [0.4, 0.5) is 0 Å². The van der Waals surface area contributed by atoms with E-state index in [-0.39, 0.29) is 0 Å². The van der Waals surface area contributed by atoms with Crippen LogP contribution in [0, 0.1) is 5.41 Å². The van der Waals surface area contributed by atoms with E-state index in [1.165, 1.54) is 31.8 Å². The molecule has 0 bridgehead atoms. The van der Waals surface area contributed by atoms with Crippen LogP contribution in [0.1, 0.15) is 27.2 Å². The normalized spacial score (nSPS) is 25.3. The van der Waals surface area contributed by atoms with Crippen LogP contribution in [0.5, 0.6) is 0 Å². The first-order chi connectivity index (χ1) is 6.53. The summed E-state index contributed by atoms with van der Waals surface area (Å²) in [5.41, 5.74) is 6.04. The minimum Gasteiger partial charge on any atom is -0.330 e. The summed E-state index contributed by atoms with van der Waals surface area (Å²) < 4.78 is 0. The van der Waals surface area contributed by atoms with Gasteiger partial charge in [0.1, 0.15) is 0 Å². The van der Waals surface area contributed by atoms with E-state index < -0.39 is 0 Å². The van der Waals surface area contributed by atoms with E-state index in [4.69, 9.17) is 5.73 Å². The molecule has 1 atom stereocenters. The second-order valence-corrected chi connectivity index (χ2v) is 6.65. The number of nitrogens with zero attached hydrogens (tertiary/aromatic N) is 1. The molecular weight excluding hydrogens is 192 g/mol. The molecule has 2 nitrogen and oxygen atoms in total. The minimum atomic E-state index is 0.313. The largest absolute Gasteiger partial charge is 0.330 e. The van der Waals surface area contributed by atoms with E-state index in [1.54, 1.807) is 0 Å². The van der Waals surface area contributed by atoms with Crippen molar-refractivity contribution in [1.82, 2.24) is 4.90 Å². The maximum atomic E-state index is 5.73. The molecule has 0 aromatic carbocycles. The van der Waals surface area contributed by atoms with Crippen molar-refractivity contribution in [1.29, 1.82) is 0 Å². The van der Waals surface area contributed by atoms with Gasteiger partial charge in [-0.05, 0) is 24.9 Å². The van der Waals surface area contributed by atoms with Gasteiger partial charge in [-0.15, -0.1) is 0 Å². The van der Waals surface area contributed by atoms with Crippen molar-refractivity contribution < 1.29 is 0 Å². The zero-order valence-electron chi connectivity index (χ0n) is 9.75. The van der Waals surface area contributed by atoms with Gasteiger partial charge in [0.05, 0.1) is 0 Å². The van der Waals surface area contributed by atoms with Crippen molar-refractivity contribution in [3.63, 3.8) is 0 Å². The van der Waals surface area contributed by atoms with Crippen LogP contribution in [0.2, 0.25) is 0 Å². The molecule has 0 saturated carbocycles. The van der Waals surface area contributed by atoms with Gasteiger partial charge in [-0.25, -0.2) is 0 Å². The molecule has 0 spiro atoms. The van der Waals surface area contributed by atoms with Crippen LogP contribution in [0.15, 0.2) is 0 Å². The summed E-state index contributed by atoms with van der Waals surface area (Å²) in [5.74, 6) is 1.30. The van der Waals surface area contributed by atoms with Gasteiger partial charge in [0.25, 0.3) is 0 Å². The Labute approximate surface area is 92.6 Å². The SMILES string of the molecule is CC1CN(CCC(C)(C)CN)CCS1. The quantitative estimate of drug-likeness (QED) is 0.777. The molecule has 1 heterocycles. The lowest BCUT2D eigenvalue weighted by Gasteiger charge is -2.33. The third-order valence-corrected chi connectivity index (χ3v) is 4.12. The topological polar surface area (TPSA) is 29.3 Å². The molecule has 0 aromatic rings. The standard InChI is InChI=1S/C11H24N2S/c1-10-8-13(6-7-14-10)5-4-11(2,3)9-12/h10H,4-9,12H2,1-3H3. The monoisotopic (exact) mass is 216 g/mol. The van der Waals surface area contributed by atoms with Crippen LogP contribution >= 0.6 is 11.8 Å². The lowest BCUT2D eigenvalue weighted by molar-refractivity contribution is 0.228. The molecule has 1 fully saturated rings. The smallest absolute Gasteiger partial charge is 0.0147 e. The molecule has 14 heavy (non-hydrogen) atoms. The summed E-state index contributed by atoms with van der Waals surface area (Å²) >= 11 is 2.09. The molecule has 84 valence electrons. The molecule has 2 N–H and O–H groups in total. The van der Waals surface area contributed by atoms with E-state index in [9.17, 15) is 0 Å². The molecular formula is C11H24N2S. The summed E-state index contributed by atoms with van der Waals surface area (Å²) in [6.07, 6.45) is 1.22. The van der Waals surface area contributed by atoms with E-state index in [0.29, 0.717) is 5.41 Å². The van der Waals surface area contributed by atoms with Crippen molar-refractivity contribution >= 4 is 11.8 Å². The van der Waals surface area contributed by atoms with E-state index in [1.807, 2.05) is 0 Å². The first-order valence-corrected chi connectivity index (χ1v) is 6.62. The third kappa shape index (κ3) is 4.20. The van der Waals surface area contributed by atoms with Gasteiger partial charge in [-0.2, -0.15) is 11.8 Å². The zero-order chi connectivity index (χ0) is 10.6. The first-order valence-electron chi connectivity index (χ1n) is 5.57. The molecule has 0 radical (unpaired) electrons. The highest BCUT2D eigenvalue weighted by molar-refractivity contribution is 7.99. The second kappa shape index (κ2) is 5.38. The lowest BCUT2D eigenvalue weighted by Crippen LogP contribution is -2.39. The average molecular weight is 216 g/mol. The highest BCUT2D eigenvalue weighted by Crippen LogP contribution is 2.22. The molecule has 1 saturated heterocycles. The van der Waals surface area contributed by atoms with Gasteiger partial charge in [0.2, 0.25) is 0 Å². The lowest BCUT2D eigenvalue weighted by atomic mass is 9.89. The average Bonchev–Trinajstić information content (AvgIpc) is 2.15. The number of hydrogen-bond acceptors (Lipinski definition) is 3. The summed E-state index contributed by atoms with van der Waals surface area (Å²) in [5, 5.41) is 0.810. The molecule has 0 aromatic heterocycles. The van der Waals surface area contributed by atoms with E-state index in [2.05, 4.69) is 37.4 Å². The third-order valence-electron chi connectivity index (χ3n) is 2.98. The van der Waals surface area contributed by atoms with E-state index in [0.717, 1.165) is 11.8 Å². The minimum absolute atomic E-state index is 0.313. The fraction of sp³-hybridized carbons (Fsp3) is 1.00. The fourth-order valence-electron chi connectivity index (χ4n) is 1.66. The summed E-state index contributed by atoms with van der Waals surface area (Å²) in [7, 11) is 0. The first kappa shape index (κ1) is 12.3. The van der Waals surface area contributed by atoms with Crippen molar-refractivity contribution in [2.45, 2.75) is 32.4 Å². The maximum absolute atomic E-state index is 5.73. The van der Waals surface area contributed by atoms with Crippen LogP contribution in [-0.4, -0.2) is 42.1 Å². The molecule has 1 rings (SSSR count). The van der Waals surface area contributed by atoms with Gasteiger partial charge in [-0.1, -0.05) is 20.8 Å². The molecule has 1 unspecified atom stereocenters. The predicted molar refractivity (Wildman–Crippen MR) is 65.8 cm³/mol. The van der Waals surface area contributed by atoms with Gasteiger partial charge in [-0.3, -0.25) is 0 Å². The number of nitrogens with two attached hydrogens (primary N) is 1. The van der Waals surface area contributed by atoms with Crippen molar-refractivity contribution in [3.8, 4) is 0 Å². The Kier molecular flexibility index (Phi) is 4.74. The summed E-state index contributed by atoms with van der Waals surface area (Å²) in [4.78, 5) is 2.58. The Balaban J connectivity index is 2.23. The molecule has 3 heteroatoms. The Bertz CT molecular complexity index is 171. The predicted octanol–water partition coefficient (Wildman–Crippen LogP) is 1.80. The van der Waals surface area contributed by atoms with Crippen molar-refractivity contribution in [2.75, 3.05) is 31.9 Å². The van der Waals surface area contributed by atoms with Crippen LogP contribution in [0.3, 0.4) is 0 Å². The van der Waals surface area contributed by atoms with Gasteiger partial charge < -0.3 is 10.6 Å².